The van der Waals surface area contributed by atoms with E-state index in [0.717, 1.165) is 38.5 Å². The summed E-state index contributed by atoms with van der Waals surface area (Å²) in [5.74, 6) is 0. The summed E-state index contributed by atoms with van der Waals surface area (Å²) in [7, 11) is -3.27. The van der Waals surface area contributed by atoms with Gasteiger partial charge in [0.25, 0.3) is 10.2 Å². The van der Waals surface area contributed by atoms with E-state index in [0.29, 0.717) is 31.7 Å². The number of rotatable bonds is 5. The van der Waals surface area contributed by atoms with E-state index in [1.165, 1.54) is 12.8 Å². The molecule has 0 aromatic heterocycles. The molecule has 0 amide bonds. The van der Waals surface area contributed by atoms with Crippen LogP contribution >= 0.6 is 0 Å². The summed E-state index contributed by atoms with van der Waals surface area (Å²) in [6.45, 7) is 4.16. The molecule has 0 aliphatic carbocycles. The van der Waals surface area contributed by atoms with Crippen LogP contribution in [0.5, 0.6) is 0 Å². The van der Waals surface area contributed by atoms with Gasteiger partial charge in [-0.3, -0.25) is 0 Å². The minimum absolute atomic E-state index is 0.204. The second-order valence-corrected chi connectivity index (χ2v) is 8.72. The third-order valence-electron chi connectivity index (χ3n) is 5.24. The summed E-state index contributed by atoms with van der Waals surface area (Å²) in [5.41, 5.74) is 0. The quantitative estimate of drug-likeness (QED) is 0.840. The summed E-state index contributed by atoms with van der Waals surface area (Å²) < 4.78 is 29.7. The Balaban J connectivity index is 1.76. The molecule has 0 saturated carbocycles. The largest absolute Gasteiger partial charge is 0.311 e. The first kappa shape index (κ1) is 15.7. The molecule has 0 spiro atoms. The fraction of sp³-hybridized carbons (Fsp3) is 1.00. The Labute approximate surface area is 129 Å². The highest BCUT2D eigenvalue weighted by atomic mass is 32.2. The summed E-state index contributed by atoms with van der Waals surface area (Å²) in [6.07, 6.45) is 8.49. The minimum atomic E-state index is -3.27. The van der Waals surface area contributed by atoms with Crippen molar-refractivity contribution in [1.29, 1.82) is 0 Å². The van der Waals surface area contributed by atoms with Gasteiger partial charge in [-0.05, 0) is 44.9 Å². The van der Waals surface area contributed by atoms with E-state index in [9.17, 15) is 8.42 Å². The molecule has 122 valence electrons. The van der Waals surface area contributed by atoms with Crippen LogP contribution in [0.1, 0.15) is 58.3 Å². The number of fused-ring (bicyclic) bond motifs is 2. The molecular formula is C15H29N3O2S. The Kier molecular flexibility index (Phi) is 4.88. The van der Waals surface area contributed by atoms with E-state index in [1.807, 2.05) is 4.31 Å². The van der Waals surface area contributed by atoms with Gasteiger partial charge >= 0.3 is 0 Å². The predicted octanol–water partition coefficient (Wildman–Crippen LogP) is 1.71. The predicted molar refractivity (Wildman–Crippen MR) is 84.3 cm³/mol. The molecule has 0 aromatic rings. The van der Waals surface area contributed by atoms with Gasteiger partial charge in [-0.2, -0.15) is 17.0 Å². The maximum Gasteiger partial charge on any atom is 0.282 e. The molecule has 3 heterocycles. The van der Waals surface area contributed by atoms with Gasteiger partial charge < -0.3 is 5.32 Å². The van der Waals surface area contributed by atoms with Crippen LogP contribution in [0.2, 0.25) is 0 Å². The highest BCUT2D eigenvalue weighted by molar-refractivity contribution is 7.86. The summed E-state index contributed by atoms with van der Waals surface area (Å²) in [5, 5.41) is 3.61. The molecule has 3 saturated heterocycles. The molecule has 1 N–H and O–H groups in total. The van der Waals surface area contributed by atoms with Crippen LogP contribution in [0, 0.1) is 0 Å². The first-order chi connectivity index (χ1) is 10.1. The van der Waals surface area contributed by atoms with Gasteiger partial charge in [-0.25, -0.2) is 0 Å². The Bertz CT molecular complexity index is 436. The lowest BCUT2D eigenvalue weighted by atomic mass is 10.00. The van der Waals surface area contributed by atoms with Crippen LogP contribution in [-0.2, 0) is 10.2 Å². The summed E-state index contributed by atoms with van der Waals surface area (Å²) in [6, 6.07) is 1.27. The molecule has 2 bridgehead atoms. The normalized spacial score (nSPS) is 34.5. The van der Waals surface area contributed by atoms with Crippen molar-refractivity contribution < 1.29 is 8.42 Å². The molecule has 3 fully saturated rings. The Morgan fingerprint density at radius 3 is 2.29 bits per heavy atom. The van der Waals surface area contributed by atoms with Crippen LogP contribution in [0.15, 0.2) is 0 Å². The maximum atomic E-state index is 13.0. The lowest BCUT2D eigenvalue weighted by Crippen LogP contribution is -2.54. The van der Waals surface area contributed by atoms with E-state index >= 15 is 0 Å². The molecule has 3 aliphatic rings. The van der Waals surface area contributed by atoms with Crippen molar-refractivity contribution in [1.82, 2.24) is 13.9 Å². The molecule has 3 rings (SSSR count). The lowest BCUT2D eigenvalue weighted by Gasteiger charge is -2.40. The molecule has 0 radical (unpaired) electrons. The highest BCUT2D eigenvalue weighted by Crippen LogP contribution is 2.32. The molecule has 0 aromatic carbocycles. The minimum Gasteiger partial charge on any atom is -0.311 e. The van der Waals surface area contributed by atoms with Crippen molar-refractivity contribution in [3.05, 3.63) is 0 Å². The molecule has 2 atom stereocenters. The monoisotopic (exact) mass is 315 g/mol. The van der Waals surface area contributed by atoms with Gasteiger partial charge in [0.1, 0.15) is 0 Å². The number of hydrogen-bond acceptors (Lipinski definition) is 3. The molecule has 3 aliphatic heterocycles. The number of piperidine rings is 2. The Morgan fingerprint density at radius 1 is 1.10 bits per heavy atom. The van der Waals surface area contributed by atoms with Crippen LogP contribution in [-0.4, -0.2) is 54.8 Å². The van der Waals surface area contributed by atoms with Crippen LogP contribution in [0.4, 0.5) is 0 Å². The van der Waals surface area contributed by atoms with Crippen molar-refractivity contribution in [3.63, 3.8) is 0 Å². The van der Waals surface area contributed by atoms with Crippen LogP contribution in [0.25, 0.3) is 0 Å². The first-order valence-electron chi connectivity index (χ1n) is 8.64. The van der Waals surface area contributed by atoms with Crippen molar-refractivity contribution in [2.75, 3.05) is 19.6 Å². The SMILES string of the molecule is CCCN(C1CC2CCC(C1)N2)S(=O)(=O)N1CCCCC1. The summed E-state index contributed by atoms with van der Waals surface area (Å²) in [4.78, 5) is 0. The van der Waals surface area contributed by atoms with Crippen molar-refractivity contribution in [3.8, 4) is 0 Å². The molecule has 2 unspecified atom stereocenters. The van der Waals surface area contributed by atoms with E-state index in [2.05, 4.69) is 12.2 Å². The average Bonchev–Trinajstić information content (AvgIpc) is 2.84. The number of nitrogens with zero attached hydrogens (tertiary/aromatic N) is 2. The molecule has 21 heavy (non-hydrogen) atoms. The smallest absolute Gasteiger partial charge is 0.282 e. The molecular weight excluding hydrogens is 286 g/mol. The zero-order valence-electron chi connectivity index (χ0n) is 13.1. The van der Waals surface area contributed by atoms with Crippen molar-refractivity contribution in [2.24, 2.45) is 0 Å². The Morgan fingerprint density at radius 2 is 1.71 bits per heavy atom. The fourth-order valence-electron chi connectivity index (χ4n) is 4.21. The fourth-order valence-corrected chi connectivity index (χ4v) is 6.19. The van der Waals surface area contributed by atoms with E-state index < -0.39 is 10.2 Å². The lowest BCUT2D eigenvalue weighted by molar-refractivity contribution is 0.207. The van der Waals surface area contributed by atoms with E-state index in [-0.39, 0.29) is 6.04 Å². The first-order valence-corrected chi connectivity index (χ1v) is 10.0. The van der Waals surface area contributed by atoms with Crippen LogP contribution < -0.4 is 5.32 Å². The van der Waals surface area contributed by atoms with Gasteiger partial charge in [-0.1, -0.05) is 13.3 Å². The van der Waals surface area contributed by atoms with Gasteiger partial charge in [0, 0.05) is 37.8 Å². The van der Waals surface area contributed by atoms with Gasteiger partial charge in [-0.15, -0.1) is 0 Å². The van der Waals surface area contributed by atoms with Gasteiger partial charge in [0.15, 0.2) is 0 Å². The second kappa shape index (κ2) is 6.52. The third-order valence-corrected chi connectivity index (χ3v) is 7.33. The zero-order chi connectivity index (χ0) is 14.9. The van der Waals surface area contributed by atoms with Gasteiger partial charge in [0.05, 0.1) is 0 Å². The Hall–Kier alpha value is -0.170. The van der Waals surface area contributed by atoms with Crippen molar-refractivity contribution >= 4 is 10.2 Å². The second-order valence-electron chi connectivity index (χ2n) is 6.84. The molecule has 5 nitrogen and oxygen atoms in total. The topological polar surface area (TPSA) is 52.7 Å². The van der Waals surface area contributed by atoms with E-state index in [1.54, 1.807) is 4.31 Å². The van der Waals surface area contributed by atoms with Crippen LogP contribution in [0.3, 0.4) is 0 Å². The average molecular weight is 315 g/mol. The van der Waals surface area contributed by atoms with Gasteiger partial charge in [0.2, 0.25) is 0 Å². The third kappa shape index (κ3) is 3.28. The number of hydrogen-bond donors (Lipinski definition) is 1. The van der Waals surface area contributed by atoms with E-state index in [4.69, 9.17) is 0 Å². The van der Waals surface area contributed by atoms with Crippen molar-refractivity contribution in [2.45, 2.75) is 76.4 Å². The highest BCUT2D eigenvalue weighted by Gasteiger charge is 2.41. The summed E-state index contributed by atoms with van der Waals surface area (Å²) >= 11 is 0. The molecule has 6 heteroatoms. The zero-order valence-corrected chi connectivity index (χ0v) is 13.9. The maximum absolute atomic E-state index is 13.0. The number of nitrogens with one attached hydrogen (secondary N) is 1. The standard InChI is InChI=1S/C15H29N3O2S/c1-2-8-18(15-11-13-6-7-14(12-15)16-13)21(19,20)17-9-4-3-5-10-17/h13-16H,2-12H2,1H3.